The first-order valence-corrected chi connectivity index (χ1v) is 6.92. The predicted octanol–water partition coefficient (Wildman–Crippen LogP) is 0.215. The third-order valence-corrected chi connectivity index (χ3v) is 4.87. The van der Waals surface area contributed by atoms with Crippen LogP contribution < -0.4 is 5.32 Å². The van der Waals surface area contributed by atoms with Crippen molar-refractivity contribution in [2.24, 2.45) is 17.8 Å². The normalized spacial score (nSPS) is 40.9. The van der Waals surface area contributed by atoms with Gasteiger partial charge in [-0.1, -0.05) is 6.42 Å². The van der Waals surface area contributed by atoms with Crippen LogP contribution in [0, 0.1) is 17.8 Å². The Morgan fingerprint density at radius 2 is 2.24 bits per heavy atom. The van der Waals surface area contributed by atoms with Gasteiger partial charge in [0.2, 0.25) is 5.91 Å². The van der Waals surface area contributed by atoms with Crippen LogP contribution in [0.2, 0.25) is 0 Å². The van der Waals surface area contributed by atoms with Crippen LogP contribution in [0.1, 0.15) is 25.7 Å². The molecule has 3 fully saturated rings. The number of hydrogen-bond donors (Lipinski definition) is 2. The van der Waals surface area contributed by atoms with Gasteiger partial charge in [-0.05, 0) is 37.6 Å². The summed E-state index contributed by atoms with van der Waals surface area (Å²) < 4.78 is 0. The molecule has 3 aliphatic rings. The van der Waals surface area contributed by atoms with Crippen LogP contribution in [0.3, 0.4) is 0 Å². The molecule has 96 valence electrons. The van der Waals surface area contributed by atoms with Crippen LogP contribution in [0.15, 0.2) is 0 Å². The Hall–Kier alpha value is -0.610. The van der Waals surface area contributed by atoms with Gasteiger partial charge in [-0.2, -0.15) is 0 Å². The number of aliphatic hydroxyl groups is 1. The van der Waals surface area contributed by atoms with Gasteiger partial charge in [-0.25, -0.2) is 0 Å². The third-order valence-electron chi connectivity index (χ3n) is 4.87. The molecule has 1 aliphatic carbocycles. The number of aliphatic hydroxyl groups excluding tert-OH is 1. The number of nitrogens with zero attached hydrogens (tertiary/aromatic N) is 1. The van der Waals surface area contributed by atoms with Gasteiger partial charge in [0.15, 0.2) is 0 Å². The van der Waals surface area contributed by atoms with E-state index in [1.54, 1.807) is 0 Å². The van der Waals surface area contributed by atoms with Crippen molar-refractivity contribution in [3.8, 4) is 0 Å². The highest BCUT2D eigenvalue weighted by molar-refractivity contribution is 5.83. The maximum absolute atomic E-state index is 12.4. The molecule has 1 amide bonds. The van der Waals surface area contributed by atoms with Gasteiger partial charge in [-0.3, -0.25) is 4.79 Å². The quantitative estimate of drug-likeness (QED) is 0.723. The smallest absolute Gasteiger partial charge is 0.240 e. The van der Waals surface area contributed by atoms with E-state index in [9.17, 15) is 4.79 Å². The monoisotopic (exact) mass is 238 g/mol. The number of nitrogens with one attached hydrogen (secondary N) is 1. The molecule has 4 unspecified atom stereocenters. The van der Waals surface area contributed by atoms with E-state index in [2.05, 4.69) is 5.32 Å². The summed E-state index contributed by atoms with van der Waals surface area (Å²) in [7, 11) is 0. The minimum atomic E-state index is 0.0694. The summed E-state index contributed by atoms with van der Waals surface area (Å²) in [5.41, 5.74) is 0. The van der Waals surface area contributed by atoms with Crippen LogP contribution in [0.25, 0.3) is 0 Å². The van der Waals surface area contributed by atoms with E-state index in [0.29, 0.717) is 11.8 Å². The average molecular weight is 238 g/mol. The number of fused-ring (bicyclic) bond motifs is 1. The maximum atomic E-state index is 12.4. The lowest BCUT2D eigenvalue weighted by atomic mass is 9.93. The van der Waals surface area contributed by atoms with Gasteiger partial charge in [0.05, 0.1) is 6.04 Å². The number of carbonyl (C=O) groups excluding carboxylic acids is 1. The molecule has 1 saturated carbocycles. The van der Waals surface area contributed by atoms with Gasteiger partial charge >= 0.3 is 0 Å². The molecule has 0 spiro atoms. The fourth-order valence-corrected chi connectivity index (χ4v) is 3.84. The van der Waals surface area contributed by atoms with E-state index in [1.165, 1.54) is 19.3 Å². The fraction of sp³-hybridized carbons (Fsp3) is 0.923. The average Bonchev–Trinajstić information content (AvgIpc) is 3.04. The second kappa shape index (κ2) is 4.58. The molecule has 0 aromatic carbocycles. The van der Waals surface area contributed by atoms with E-state index in [-0.39, 0.29) is 18.6 Å². The second-order valence-corrected chi connectivity index (χ2v) is 5.86. The van der Waals surface area contributed by atoms with Crippen molar-refractivity contribution < 1.29 is 9.90 Å². The van der Waals surface area contributed by atoms with Crippen molar-refractivity contribution in [2.75, 3.05) is 26.2 Å². The lowest BCUT2D eigenvalue weighted by molar-refractivity contribution is -0.133. The molecule has 2 heterocycles. The first kappa shape index (κ1) is 11.5. The topological polar surface area (TPSA) is 52.6 Å². The van der Waals surface area contributed by atoms with Gasteiger partial charge in [0.1, 0.15) is 0 Å². The number of carbonyl (C=O) groups is 1. The first-order chi connectivity index (χ1) is 8.29. The molecule has 2 aliphatic heterocycles. The molecule has 17 heavy (non-hydrogen) atoms. The van der Waals surface area contributed by atoms with Crippen molar-refractivity contribution in [1.82, 2.24) is 10.2 Å². The van der Waals surface area contributed by atoms with E-state index >= 15 is 0 Å². The number of likely N-dealkylation sites (tertiary alicyclic amines) is 1. The third kappa shape index (κ3) is 1.97. The highest BCUT2D eigenvalue weighted by atomic mass is 16.3. The minimum absolute atomic E-state index is 0.0694. The molecule has 0 aromatic rings. The molecule has 2 N–H and O–H groups in total. The standard InChI is InChI=1S/C13H22N2O2/c16-8-9-4-5-15(7-9)13(17)12-11-3-1-2-10(11)6-14-12/h9-12,14,16H,1-8H2. The molecule has 4 heteroatoms. The van der Waals surface area contributed by atoms with E-state index in [1.807, 2.05) is 4.90 Å². The van der Waals surface area contributed by atoms with E-state index < -0.39 is 0 Å². The SMILES string of the molecule is O=C(C1NCC2CCCC21)N1CCC(CO)C1. The van der Waals surface area contributed by atoms with Crippen molar-refractivity contribution in [3.05, 3.63) is 0 Å². The molecule has 3 rings (SSSR count). The predicted molar refractivity (Wildman–Crippen MR) is 64.4 cm³/mol. The van der Waals surface area contributed by atoms with Gasteiger partial charge < -0.3 is 15.3 Å². The van der Waals surface area contributed by atoms with Crippen LogP contribution in [-0.2, 0) is 4.79 Å². The fourth-order valence-electron chi connectivity index (χ4n) is 3.84. The highest BCUT2D eigenvalue weighted by Gasteiger charge is 2.44. The lowest BCUT2D eigenvalue weighted by Gasteiger charge is -2.24. The summed E-state index contributed by atoms with van der Waals surface area (Å²) in [5.74, 6) is 1.91. The molecule has 0 bridgehead atoms. The zero-order chi connectivity index (χ0) is 11.8. The molecule has 0 radical (unpaired) electrons. The van der Waals surface area contributed by atoms with Crippen LogP contribution in [0.5, 0.6) is 0 Å². The van der Waals surface area contributed by atoms with Crippen molar-refractivity contribution in [3.63, 3.8) is 0 Å². The summed E-state index contributed by atoms with van der Waals surface area (Å²) in [4.78, 5) is 14.4. The molecular formula is C13H22N2O2. The van der Waals surface area contributed by atoms with E-state index in [0.717, 1.165) is 32.0 Å². The summed E-state index contributed by atoms with van der Waals surface area (Å²) >= 11 is 0. The molecule has 0 aromatic heterocycles. The largest absolute Gasteiger partial charge is 0.396 e. The summed E-state index contributed by atoms with van der Waals surface area (Å²) in [5, 5.41) is 12.5. The Morgan fingerprint density at radius 3 is 3.00 bits per heavy atom. The van der Waals surface area contributed by atoms with Gasteiger partial charge in [0, 0.05) is 25.6 Å². The Kier molecular flexibility index (Phi) is 3.09. The molecule has 2 saturated heterocycles. The number of rotatable bonds is 2. The molecule has 4 nitrogen and oxygen atoms in total. The van der Waals surface area contributed by atoms with E-state index in [4.69, 9.17) is 5.11 Å². The second-order valence-electron chi connectivity index (χ2n) is 5.86. The van der Waals surface area contributed by atoms with Crippen molar-refractivity contribution >= 4 is 5.91 Å². The Labute approximate surface area is 102 Å². The molecule has 4 atom stereocenters. The van der Waals surface area contributed by atoms with Crippen molar-refractivity contribution in [1.29, 1.82) is 0 Å². The molecular weight excluding hydrogens is 216 g/mol. The van der Waals surface area contributed by atoms with Crippen LogP contribution in [-0.4, -0.2) is 48.2 Å². The number of amides is 1. The number of hydrogen-bond acceptors (Lipinski definition) is 3. The van der Waals surface area contributed by atoms with Crippen molar-refractivity contribution in [2.45, 2.75) is 31.7 Å². The zero-order valence-electron chi connectivity index (χ0n) is 10.3. The van der Waals surface area contributed by atoms with Crippen LogP contribution >= 0.6 is 0 Å². The lowest BCUT2D eigenvalue weighted by Crippen LogP contribution is -2.45. The summed E-state index contributed by atoms with van der Waals surface area (Å²) in [6.45, 7) is 2.83. The first-order valence-electron chi connectivity index (χ1n) is 6.92. The Morgan fingerprint density at radius 1 is 1.35 bits per heavy atom. The highest BCUT2D eigenvalue weighted by Crippen LogP contribution is 2.38. The Bertz CT molecular complexity index is 308. The zero-order valence-corrected chi connectivity index (χ0v) is 10.3. The van der Waals surface area contributed by atoms with Gasteiger partial charge in [-0.15, -0.1) is 0 Å². The van der Waals surface area contributed by atoms with Crippen LogP contribution in [0.4, 0.5) is 0 Å². The summed E-state index contributed by atoms with van der Waals surface area (Å²) in [6.07, 6.45) is 4.76. The Balaban J connectivity index is 1.63. The van der Waals surface area contributed by atoms with Gasteiger partial charge in [0.25, 0.3) is 0 Å². The maximum Gasteiger partial charge on any atom is 0.240 e. The summed E-state index contributed by atoms with van der Waals surface area (Å²) in [6, 6.07) is 0.0694. The minimum Gasteiger partial charge on any atom is -0.396 e.